The molecule has 1 aliphatic rings. The Bertz CT molecular complexity index is 549. The van der Waals surface area contributed by atoms with Crippen molar-refractivity contribution in [2.75, 3.05) is 13.6 Å². The molecule has 0 saturated heterocycles. The first-order chi connectivity index (χ1) is 11.4. The standard InChI is InChI=1S/C17H25F3N4/c1-12-11-22-9-7-13(12)8-10-23-16(21-2)24-15-5-3-14(4-6-15)17(18,19)20/h7,9,11,14-15H,3-6,8,10H2,1-2H3,(H2,21,23,24). The van der Waals surface area contributed by atoms with E-state index in [1.165, 1.54) is 5.56 Å². The van der Waals surface area contributed by atoms with E-state index in [1.54, 1.807) is 13.2 Å². The van der Waals surface area contributed by atoms with Crippen molar-refractivity contribution in [3.05, 3.63) is 29.6 Å². The van der Waals surface area contributed by atoms with Gasteiger partial charge >= 0.3 is 6.18 Å². The predicted molar refractivity (Wildman–Crippen MR) is 89.0 cm³/mol. The van der Waals surface area contributed by atoms with Crippen LogP contribution in [0, 0.1) is 12.8 Å². The van der Waals surface area contributed by atoms with E-state index in [4.69, 9.17) is 0 Å². The van der Waals surface area contributed by atoms with E-state index in [2.05, 4.69) is 20.6 Å². The minimum atomic E-state index is -4.06. The summed E-state index contributed by atoms with van der Waals surface area (Å²) in [5, 5.41) is 6.47. The summed E-state index contributed by atoms with van der Waals surface area (Å²) < 4.78 is 38.1. The summed E-state index contributed by atoms with van der Waals surface area (Å²) >= 11 is 0. The third-order valence-electron chi connectivity index (χ3n) is 4.58. The minimum Gasteiger partial charge on any atom is -0.356 e. The number of halogens is 3. The summed E-state index contributed by atoms with van der Waals surface area (Å²) in [5.41, 5.74) is 2.37. The molecule has 1 aliphatic carbocycles. The molecule has 1 heterocycles. The van der Waals surface area contributed by atoms with Gasteiger partial charge in [-0.2, -0.15) is 13.2 Å². The molecule has 24 heavy (non-hydrogen) atoms. The number of guanidine groups is 1. The number of hydrogen-bond donors (Lipinski definition) is 2. The first kappa shape index (κ1) is 18.5. The lowest BCUT2D eigenvalue weighted by atomic mass is 9.85. The van der Waals surface area contributed by atoms with Crippen molar-refractivity contribution in [2.45, 2.75) is 51.2 Å². The second-order valence-corrected chi connectivity index (χ2v) is 6.29. The summed E-state index contributed by atoms with van der Waals surface area (Å²) in [7, 11) is 1.67. The van der Waals surface area contributed by atoms with Crippen molar-refractivity contribution in [1.82, 2.24) is 15.6 Å². The van der Waals surface area contributed by atoms with Gasteiger partial charge in [0.15, 0.2) is 5.96 Å². The zero-order chi connectivity index (χ0) is 17.6. The normalized spacial score (nSPS) is 22.3. The molecular formula is C17H25F3N4. The van der Waals surface area contributed by atoms with E-state index < -0.39 is 12.1 Å². The van der Waals surface area contributed by atoms with E-state index in [9.17, 15) is 13.2 Å². The van der Waals surface area contributed by atoms with Gasteiger partial charge in [-0.15, -0.1) is 0 Å². The number of rotatable bonds is 4. The minimum absolute atomic E-state index is 0.0532. The molecule has 1 fully saturated rings. The van der Waals surface area contributed by atoms with Crippen LogP contribution in [-0.2, 0) is 6.42 Å². The van der Waals surface area contributed by atoms with Gasteiger partial charge in [0, 0.05) is 32.0 Å². The molecule has 2 rings (SSSR count). The van der Waals surface area contributed by atoms with Gasteiger partial charge in [0.2, 0.25) is 0 Å². The number of pyridine rings is 1. The van der Waals surface area contributed by atoms with E-state index >= 15 is 0 Å². The van der Waals surface area contributed by atoms with Gasteiger partial charge < -0.3 is 10.6 Å². The van der Waals surface area contributed by atoms with Crippen LogP contribution >= 0.6 is 0 Å². The smallest absolute Gasteiger partial charge is 0.356 e. The molecule has 2 N–H and O–H groups in total. The summed E-state index contributed by atoms with van der Waals surface area (Å²) in [6, 6.07) is 2.04. The molecule has 1 saturated carbocycles. The Morgan fingerprint density at radius 3 is 2.58 bits per heavy atom. The molecule has 0 aromatic carbocycles. The topological polar surface area (TPSA) is 49.3 Å². The molecule has 7 heteroatoms. The molecule has 0 aliphatic heterocycles. The van der Waals surface area contributed by atoms with Gasteiger partial charge in [-0.3, -0.25) is 9.98 Å². The first-order valence-electron chi connectivity index (χ1n) is 8.33. The third kappa shape index (κ3) is 5.39. The molecule has 1 aromatic heterocycles. The number of nitrogens with one attached hydrogen (secondary N) is 2. The van der Waals surface area contributed by atoms with Crippen molar-refractivity contribution in [2.24, 2.45) is 10.9 Å². The van der Waals surface area contributed by atoms with Crippen LogP contribution in [0.15, 0.2) is 23.5 Å². The molecule has 4 nitrogen and oxygen atoms in total. The van der Waals surface area contributed by atoms with Crippen LogP contribution < -0.4 is 10.6 Å². The molecule has 0 unspecified atom stereocenters. The highest BCUT2D eigenvalue weighted by Gasteiger charge is 2.41. The molecule has 134 valence electrons. The summed E-state index contributed by atoms with van der Waals surface area (Å²) in [5.74, 6) is -0.502. The Kier molecular flexibility index (Phi) is 6.45. The van der Waals surface area contributed by atoms with Gasteiger partial charge in [-0.1, -0.05) is 0 Å². The number of aliphatic imine (C=N–C) groups is 1. The fraction of sp³-hybridized carbons (Fsp3) is 0.647. The van der Waals surface area contributed by atoms with Crippen molar-refractivity contribution in [3.63, 3.8) is 0 Å². The maximum atomic E-state index is 12.7. The maximum Gasteiger partial charge on any atom is 0.391 e. The zero-order valence-electron chi connectivity index (χ0n) is 14.2. The van der Waals surface area contributed by atoms with Crippen LogP contribution in [0.25, 0.3) is 0 Å². The van der Waals surface area contributed by atoms with Crippen LogP contribution in [0.4, 0.5) is 13.2 Å². The van der Waals surface area contributed by atoms with Crippen molar-refractivity contribution in [3.8, 4) is 0 Å². The fourth-order valence-electron chi connectivity index (χ4n) is 3.05. The zero-order valence-corrected chi connectivity index (χ0v) is 14.2. The molecule has 0 atom stereocenters. The van der Waals surface area contributed by atoms with Crippen molar-refractivity contribution >= 4 is 5.96 Å². The molecule has 0 spiro atoms. The van der Waals surface area contributed by atoms with E-state index in [0.717, 1.165) is 12.0 Å². The fourth-order valence-corrected chi connectivity index (χ4v) is 3.05. The second-order valence-electron chi connectivity index (χ2n) is 6.29. The number of hydrogen-bond acceptors (Lipinski definition) is 2. The van der Waals surface area contributed by atoms with Crippen LogP contribution in [0.5, 0.6) is 0 Å². The largest absolute Gasteiger partial charge is 0.391 e. The molecule has 0 radical (unpaired) electrons. The number of aryl methyl sites for hydroxylation is 1. The van der Waals surface area contributed by atoms with Gasteiger partial charge in [0.05, 0.1) is 5.92 Å². The molecule has 0 amide bonds. The van der Waals surface area contributed by atoms with E-state index in [0.29, 0.717) is 25.3 Å². The quantitative estimate of drug-likeness (QED) is 0.652. The highest BCUT2D eigenvalue weighted by Crippen LogP contribution is 2.37. The van der Waals surface area contributed by atoms with Gasteiger partial charge in [0.1, 0.15) is 0 Å². The number of nitrogens with zero attached hydrogens (tertiary/aromatic N) is 2. The third-order valence-corrected chi connectivity index (χ3v) is 4.58. The molecule has 0 bridgehead atoms. The average Bonchev–Trinajstić information content (AvgIpc) is 2.55. The predicted octanol–water partition coefficient (Wildman–Crippen LogP) is 3.22. The van der Waals surface area contributed by atoms with E-state index in [1.807, 2.05) is 19.2 Å². The van der Waals surface area contributed by atoms with Crippen molar-refractivity contribution < 1.29 is 13.2 Å². The van der Waals surface area contributed by atoms with Gasteiger partial charge in [-0.25, -0.2) is 0 Å². The Labute approximate surface area is 141 Å². The Morgan fingerprint density at radius 2 is 2.00 bits per heavy atom. The highest BCUT2D eigenvalue weighted by molar-refractivity contribution is 5.79. The Morgan fingerprint density at radius 1 is 1.29 bits per heavy atom. The lowest BCUT2D eigenvalue weighted by Crippen LogP contribution is -2.46. The van der Waals surface area contributed by atoms with Crippen LogP contribution in [0.1, 0.15) is 36.8 Å². The molecular weight excluding hydrogens is 317 g/mol. The van der Waals surface area contributed by atoms with Crippen LogP contribution in [0.2, 0.25) is 0 Å². The maximum absolute atomic E-state index is 12.7. The Balaban J connectivity index is 1.74. The van der Waals surface area contributed by atoms with Crippen molar-refractivity contribution in [1.29, 1.82) is 0 Å². The summed E-state index contributed by atoms with van der Waals surface area (Å²) in [6.45, 7) is 2.73. The summed E-state index contributed by atoms with van der Waals surface area (Å²) in [4.78, 5) is 8.23. The molecule has 1 aromatic rings. The van der Waals surface area contributed by atoms with Gasteiger partial charge in [-0.05, 0) is 56.2 Å². The monoisotopic (exact) mass is 342 g/mol. The number of aromatic nitrogens is 1. The SMILES string of the molecule is CN=C(NCCc1ccncc1C)NC1CCC(C(F)(F)F)CC1. The van der Waals surface area contributed by atoms with Crippen LogP contribution in [0.3, 0.4) is 0 Å². The van der Waals surface area contributed by atoms with Crippen LogP contribution in [-0.4, -0.2) is 36.8 Å². The summed E-state index contributed by atoms with van der Waals surface area (Å²) in [6.07, 6.45) is 1.81. The second kappa shape index (κ2) is 8.35. The lowest BCUT2D eigenvalue weighted by molar-refractivity contribution is -0.182. The lowest BCUT2D eigenvalue weighted by Gasteiger charge is -2.31. The average molecular weight is 342 g/mol. The Hall–Kier alpha value is -1.79. The highest BCUT2D eigenvalue weighted by atomic mass is 19.4. The van der Waals surface area contributed by atoms with E-state index in [-0.39, 0.29) is 18.9 Å². The van der Waals surface area contributed by atoms with Gasteiger partial charge in [0.25, 0.3) is 0 Å². The first-order valence-corrected chi connectivity index (χ1v) is 8.33. The number of alkyl halides is 3.